The normalized spacial score (nSPS) is 10.4. The van der Waals surface area contributed by atoms with Crippen LogP contribution < -0.4 is 5.30 Å². The highest BCUT2D eigenvalue weighted by atomic mass is 31.2. The van der Waals surface area contributed by atoms with Gasteiger partial charge in [0.05, 0.1) is 0 Å². The summed E-state index contributed by atoms with van der Waals surface area (Å²) in [6, 6.07) is 7.25. The van der Waals surface area contributed by atoms with Gasteiger partial charge in [-0.3, -0.25) is 0 Å². The Morgan fingerprint density at radius 1 is 1.20 bits per heavy atom. The molecule has 0 amide bonds. The summed E-state index contributed by atoms with van der Waals surface area (Å²) in [7, 11) is -1.92. The number of benzene rings is 1. The Hall–Kier alpha value is -0.430. The lowest BCUT2D eigenvalue weighted by molar-refractivity contribution is 0.496. The molecule has 0 saturated heterocycles. The quantitative estimate of drug-likeness (QED) is 0.593. The zero-order valence-electron chi connectivity index (χ0n) is 5.65. The predicted octanol–water partition coefficient (Wildman–Crippen LogP) is 0.917. The van der Waals surface area contributed by atoms with Crippen LogP contribution >= 0.6 is 8.38 Å². The third-order valence-electron chi connectivity index (χ3n) is 1.33. The molecule has 0 fully saturated rings. The maximum atomic E-state index is 8.82. The minimum absolute atomic E-state index is 0.637. The van der Waals surface area contributed by atoms with Crippen LogP contribution in [0.3, 0.4) is 0 Å². The van der Waals surface area contributed by atoms with Crippen molar-refractivity contribution in [2.45, 2.75) is 6.92 Å². The van der Waals surface area contributed by atoms with Crippen LogP contribution in [-0.4, -0.2) is 9.79 Å². The molecule has 10 heavy (non-hydrogen) atoms. The first-order valence-electron chi connectivity index (χ1n) is 2.95. The first-order chi connectivity index (χ1) is 4.72. The molecule has 0 saturated carbocycles. The molecule has 0 aliphatic carbocycles. The summed E-state index contributed by atoms with van der Waals surface area (Å²) in [5.41, 5.74) is 0.929. The largest absolute Gasteiger partial charge is 0.347 e. The standard InChI is InChI=1S/C7H9O2P/c1-6-4-2-3-5-7(6)10(8)9/h2-5,8-9H,1H3. The van der Waals surface area contributed by atoms with Gasteiger partial charge in [0.1, 0.15) is 0 Å². The molecule has 0 bridgehead atoms. The van der Waals surface area contributed by atoms with E-state index in [1.807, 2.05) is 19.1 Å². The smallest absolute Gasteiger partial charge is 0.199 e. The summed E-state index contributed by atoms with van der Waals surface area (Å²) in [5, 5.41) is 0.637. The van der Waals surface area contributed by atoms with Crippen molar-refractivity contribution in [1.82, 2.24) is 0 Å². The third kappa shape index (κ3) is 1.54. The van der Waals surface area contributed by atoms with Crippen molar-refractivity contribution in [3.63, 3.8) is 0 Å². The Morgan fingerprint density at radius 2 is 1.80 bits per heavy atom. The number of hydrogen-bond donors (Lipinski definition) is 2. The Balaban J connectivity index is 3.03. The summed E-state index contributed by atoms with van der Waals surface area (Å²) in [6.45, 7) is 1.86. The van der Waals surface area contributed by atoms with Crippen LogP contribution in [0.5, 0.6) is 0 Å². The molecule has 1 rings (SSSR count). The van der Waals surface area contributed by atoms with Crippen molar-refractivity contribution >= 4 is 13.7 Å². The van der Waals surface area contributed by atoms with E-state index in [0.29, 0.717) is 5.30 Å². The van der Waals surface area contributed by atoms with Crippen LogP contribution in [0.4, 0.5) is 0 Å². The van der Waals surface area contributed by atoms with Crippen LogP contribution in [-0.2, 0) is 0 Å². The first kappa shape index (κ1) is 7.67. The van der Waals surface area contributed by atoms with Gasteiger partial charge in [0, 0.05) is 5.30 Å². The average molecular weight is 156 g/mol. The van der Waals surface area contributed by atoms with Crippen molar-refractivity contribution in [3.8, 4) is 0 Å². The van der Waals surface area contributed by atoms with E-state index in [9.17, 15) is 0 Å². The minimum atomic E-state index is -1.92. The summed E-state index contributed by atoms with van der Waals surface area (Å²) < 4.78 is 0. The molecule has 2 nitrogen and oxygen atoms in total. The zero-order valence-corrected chi connectivity index (χ0v) is 6.55. The molecule has 0 aliphatic heterocycles. The summed E-state index contributed by atoms with van der Waals surface area (Å²) in [5.74, 6) is 0. The molecule has 1 aromatic rings. The molecule has 0 aromatic heterocycles. The van der Waals surface area contributed by atoms with E-state index in [-0.39, 0.29) is 0 Å². The molecule has 0 heterocycles. The number of aryl methyl sites for hydroxylation is 1. The second kappa shape index (κ2) is 3.11. The molecule has 0 spiro atoms. The van der Waals surface area contributed by atoms with Crippen LogP contribution in [0, 0.1) is 6.92 Å². The highest BCUT2D eigenvalue weighted by Crippen LogP contribution is 2.23. The second-order valence-electron chi connectivity index (χ2n) is 2.08. The number of hydrogen-bond acceptors (Lipinski definition) is 2. The molecule has 1 aromatic carbocycles. The first-order valence-corrected chi connectivity index (χ1v) is 4.20. The Bertz CT molecular complexity index is 223. The van der Waals surface area contributed by atoms with Crippen LogP contribution in [0.2, 0.25) is 0 Å². The lowest BCUT2D eigenvalue weighted by Gasteiger charge is -2.04. The molecule has 0 radical (unpaired) electrons. The molecular weight excluding hydrogens is 147 g/mol. The molecule has 54 valence electrons. The van der Waals surface area contributed by atoms with E-state index in [0.717, 1.165) is 5.56 Å². The van der Waals surface area contributed by atoms with Gasteiger partial charge in [-0.2, -0.15) is 0 Å². The average Bonchev–Trinajstić information content (AvgIpc) is 1.88. The van der Waals surface area contributed by atoms with E-state index in [2.05, 4.69) is 0 Å². The lowest BCUT2D eigenvalue weighted by atomic mass is 10.2. The van der Waals surface area contributed by atoms with Gasteiger partial charge in [0.2, 0.25) is 0 Å². The van der Waals surface area contributed by atoms with Crippen molar-refractivity contribution in [2.24, 2.45) is 0 Å². The Morgan fingerprint density at radius 3 is 2.20 bits per heavy atom. The van der Waals surface area contributed by atoms with E-state index in [1.165, 1.54) is 0 Å². The van der Waals surface area contributed by atoms with E-state index in [4.69, 9.17) is 9.79 Å². The molecule has 0 atom stereocenters. The lowest BCUT2D eigenvalue weighted by Crippen LogP contribution is -2.02. The van der Waals surface area contributed by atoms with Crippen molar-refractivity contribution < 1.29 is 9.79 Å². The fraction of sp³-hybridized carbons (Fsp3) is 0.143. The molecule has 2 N–H and O–H groups in total. The van der Waals surface area contributed by atoms with Gasteiger partial charge in [-0.15, -0.1) is 0 Å². The zero-order chi connectivity index (χ0) is 7.56. The van der Waals surface area contributed by atoms with Gasteiger partial charge in [-0.05, 0) is 18.6 Å². The number of rotatable bonds is 1. The van der Waals surface area contributed by atoms with E-state index in [1.54, 1.807) is 12.1 Å². The van der Waals surface area contributed by atoms with Gasteiger partial charge < -0.3 is 9.79 Å². The van der Waals surface area contributed by atoms with Gasteiger partial charge in [-0.1, -0.05) is 18.2 Å². The Kier molecular flexibility index (Phi) is 2.39. The second-order valence-corrected chi connectivity index (χ2v) is 3.14. The third-order valence-corrected chi connectivity index (χ3v) is 2.26. The highest BCUT2D eigenvalue weighted by molar-refractivity contribution is 7.54. The van der Waals surface area contributed by atoms with Gasteiger partial charge in [0.25, 0.3) is 0 Å². The van der Waals surface area contributed by atoms with Crippen LogP contribution in [0.1, 0.15) is 5.56 Å². The van der Waals surface area contributed by atoms with Crippen LogP contribution in [0.25, 0.3) is 0 Å². The maximum absolute atomic E-state index is 8.82. The van der Waals surface area contributed by atoms with Crippen molar-refractivity contribution in [1.29, 1.82) is 0 Å². The van der Waals surface area contributed by atoms with E-state index < -0.39 is 8.38 Å². The molecular formula is C7H9O2P. The molecule has 0 aliphatic rings. The minimum Gasteiger partial charge on any atom is -0.347 e. The SMILES string of the molecule is Cc1ccccc1P(O)O. The maximum Gasteiger partial charge on any atom is 0.199 e. The van der Waals surface area contributed by atoms with E-state index >= 15 is 0 Å². The van der Waals surface area contributed by atoms with Crippen molar-refractivity contribution in [2.75, 3.05) is 0 Å². The van der Waals surface area contributed by atoms with Gasteiger partial charge in [0.15, 0.2) is 8.38 Å². The Labute approximate surface area is 61.1 Å². The summed E-state index contributed by atoms with van der Waals surface area (Å²) >= 11 is 0. The highest BCUT2D eigenvalue weighted by Gasteiger charge is 2.04. The molecule has 3 heteroatoms. The fourth-order valence-electron chi connectivity index (χ4n) is 0.788. The predicted molar refractivity (Wildman–Crippen MR) is 42.2 cm³/mol. The monoisotopic (exact) mass is 156 g/mol. The van der Waals surface area contributed by atoms with Crippen LogP contribution in [0.15, 0.2) is 24.3 Å². The van der Waals surface area contributed by atoms with Gasteiger partial charge >= 0.3 is 0 Å². The molecule has 0 unspecified atom stereocenters. The van der Waals surface area contributed by atoms with Gasteiger partial charge in [-0.25, -0.2) is 0 Å². The fourth-order valence-corrected chi connectivity index (χ4v) is 1.40. The van der Waals surface area contributed by atoms with Crippen molar-refractivity contribution in [3.05, 3.63) is 29.8 Å². The summed E-state index contributed by atoms with van der Waals surface area (Å²) in [6.07, 6.45) is 0. The topological polar surface area (TPSA) is 40.5 Å². The summed E-state index contributed by atoms with van der Waals surface area (Å²) in [4.78, 5) is 17.6.